The molecule has 0 unspecified atom stereocenters. The summed E-state index contributed by atoms with van der Waals surface area (Å²) in [4.78, 5) is 11.5. The van der Waals surface area contributed by atoms with Gasteiger partial charge in [-0.05, 0) is 13.0 Å². The first-order valence-corrected chi connectivity index (χ1v) is 7.61. The van der Waals surface area contributed by atoms with Crippen LogP contribution in [0.4, 0.5) is 5.82 Å². The Balaban J connectivity index is 2.31. The van der Waals surface area contributed by atoms with Crippen molar-refractivity contribution in [3.63, 3.8) is 0 Å². The highest BCUT2D eigenvalue weighted by Crippen LogP contribution is 2.30. The number of nitrogens with one attached hydrogen (secondary N) is 2. The zero-order chi connectivity index (χ0) is 14.2. The molecule has 2 aromatic rings. The lowest BCUT2D eigenvalue weighted by Crippen LogP contribution is -2.13. The van der Waals surface area contributed by atoms with Gasteiger partial charge in [-0.3, -0.25) is 14.6 Å². The number of H-pyrrole nitrogens is 1. The fraction of sp³-hybridized carbons (Fsp3) is 0.111. The highest BCUT2D eigenvalue weighted by atomic mass is 35.5. The van der Waals surface area contributed by atoms with Crippen LogP contribution in [-0.2, 0) is 10.0 Å². The van der Waals surface area contributed by atoms with Crippen LogP contribution in [0.2, 0.25) is 4.34 Å². The van der Waals surface area contributed by atoms with Gasteiger partial charge in [0, 0.05) is 10.9 Å². The highest BCUT2D eigenvalue weighted by Gasteiger charge is 2.21. The summed E-state index contributed by atoms with van der Waals surface area (Å²) in [7, 11) is -3.79. The van der Waals surface area contributed by atoms with Crippen molar-refractivity contribution in [1.29, 1.82) is 0 Å². The van der Waals surface area contributed by atoms with Gasteiger partial charge in [-0.1, -0.05) is 11.6 Å². The Morgan fingerprint density at radius 1 is 1.53 bits per heavy atom. The minimum atomic E-state index is -3.79. The van der Waals surface area contributed by atoms with Gasteiger partial charge >= 0.3 is 0 Å². The molecule has 0 fully saturated rings. The first-order valence-electron chi connectivity index (χ1n) is 4.93. The van der Waals surface area contributed by atoms with Crippen LogP contribution in [0.1, 0.15) is 15.4 Å². The molecule has 10 heteroatoms. The van der Waals surface area contributed by atoms with E-state index < -0.39 is 15.9 Å². The maximum absolute atomic E-state index is 12.1. The molecule has 0 aliphatic rings. The van der Waals surface area contributed by atoms with Gasteiger partial charge in [0.05, 0.1) is 4.34 Å². The Labute approximate surface area is 117 Å². The Morgan fingerprint density at radius 3 is 2.68 bits per heavy atom. The molecule has 7 nitrogen and oxygen atoms in total. The third kappa shape index (κ3) is 2.88. The number of aromatic nitrogens is 2. The van der Waals surface area contributed by atoms with Crippen LogP contribution in [0.25, 0.3) is 0 Å². The Bertz CT molecular complexity index is 734. The van der Waals surface area contributed by atoms with Crippen molar-refractivity contribution in [1.82, 2.24) is 10.2 Å². The lowest BCUT2D eigenvalue weighted by atomic mass is 10.4. The number of hydrogen-bond donors (Lipinski definition) is 3. The molecule has 0 bridgehead atoms. The molecular formula is C9H9ClN4O3S2. The van der Waals surface area contributed by atoms with Crippen LogP contribution in [0.15, 0.2) is 17.0 Å². The number of amides is 1. The largest absolute Gasteiger partial charge is 0.364 e. The van der Waals surface area contributed by atoms with Crippen LogP contribution in [-0.4, -0.2) is 24.5 Å². The van der Waals surface area contributed by atoms with Gasteiger partial charge in [-0.2, -0.15) is 5.10 Å². The third-order valence-corrected chi connectivity index (χ3v) is 5.00. The van der Waals surface area contributed by atoms with E-state index in [1.165, 1.54) is 12.1 Å². The monoisotopic (exact) mass is 320 g/mol. The summed E-state index contributed by atoms with van der Waals surface area (Å²) in [5.74, 6) is -0.747. The molecule has 2 aromatic heterocycles. The van der Waals surface area contributed by atoms with Gasteiger partial charge in [0.25, 0.3) is 15.9 Å². The fourth-order valence-electron chi connectivity index (χ4n) is 1.39. The van der Waals surface area contributed by atoms with Crippen molar-refractivity contribution in [3.8, 4) is 0 Å². The molecule has 0 spiro atoms. The first-order chi connectivity index (χ1) is 8.79. The zero-order valence-electron chi connectivity index (χ0n) is 9.60. The maximum atomic E-state index is 12.1. The second-order valence-corrected chi connectivity index (χ2v) is 7.15. The standard InChI is InChI=1S/C9H9ClN4O3S2/c1-4-6(3-7(10)18-4)19(16,17)14-8-2-5(9(11)15)12-13-8/h2-3H,1H3,(H2,11,15)(H2,12,13,14). The van der Waals surface area contributed by atoms with Crippen LogP contribution in [0, 0.1) is 6.92 Å². The van der Waals surface area contributed by atoms with E-state index in [-0.39, 0.29) is 16.4 Å². The van der Waals surface area contributed by atoms with E-state index in [0.29, 0.717) is 9.21 Å². The number of rotatable bonds is 4. The molecule has 0 aromatic carbocycles. The lowest BCUT2D eigenvalue weighted by molar-refractivity contribution is 0.0995. The normalized spacial score (nSPS) is 11.5. The van der Waals surface area contributed by atoms with E-state index in [2.05, 4.69) is 14.9 Å². The van der Waals surface area contributed by atoms with Crippen LogP contribution < -0.4 is 10.5 Å². The van der Waals surface area contributed by atoms with Crippen LogP contribution >= 0.6 is 22.9 Å². The number of halogens is 1. The van der Waals surface area contributed by atoms with E-state index >= 15 is 0 Å². The smallest absolute Gasteiger partial charge is 0.266 e. The van der Waals surface area contributed by atoms with Crippen molar-refractivity contribution in [2.75, 3.05) is 4.72 Å². The molecule has 4 N–H and O–H groups in total. The fourth-order valence-corrected chi connectivity index (χ4v) is 4.21. The molecule has 0 saturated heterocycles. The van der Waals surface area contributed by atoms with Crippen molar-refractivity contribution in [2.24, 2.45) is 5.73 Å². The van der Waals surface area contributed by atoms with E-state index in [9.17, 15) is 13.2 Å². The quantitative estimate of drug-likeness (QED) is 0.787. The summed E-state index contributed by atoms with van der Waals surface area (Å²) in [5.41, 5.74) is 5.04. The average Bonchev–Trinajstić information content (AvgIpc) is 2.85. The molecule has 0 aliphatic carbocycles. The summed E-state index contributed by atoms with van der Waals surface area (Å²) >= 11 is 6.92. The summed E-state index contributed by atoms with van der Waals surface area (Å²) in [6.45, 7) is 1.64. The number of primary amides is 1. The minimum absolute atomic E-state index is 0.0118. The van der Waals surface area contributed by atoms with Gasteiger partial charge in [-0.25, -0.2) is 8.42 Å². The number of hydrogen-bond acceptors (Lipinski definition) is 5. The summed E-state index contributed by atoms with van der Waals surface area (Å²) in [5, 5.41) is 5.96. The SMILES string of the molecule is Cc1sc(Cl)cc1S(=O)(=O)Nc1cc(C(N)=O)[nH]n1. The molecule has 0 radical (unpaired) electrons. The van der Waals surface area contributed by atoms with Gasteiger partial charge in [0.1, 0.15) is 10.6 Å². The number of sulfonamides is 1. The number of aromatic amines is 1. The Hall–Kier alpha value is -1.58. The van der Waals surface area contributed by atoms with Gasteiger partial charge in [0.2, 0.25) is 0 Å². The Kier molecular flexibility index (Phi) is 3.52. The maximum Gasteiger partial charge on any atom is 0.266 e. The molecule has 19 heavy (non-hydrogen) atoms. The number of aryl methyl sites for hydroxylation is 1. The van der Waals surface area contributed by atoms with Crippen molar-refractivity contribution >= 4 is 44.7 Å². The van der Waals surface area contributed by atoms with Crippen LogP contribution in [0.5, 0.6) is 0 Å². The Morgan fingerprint density at radius 2 is 2.21 bits per heavy atom. The topological polar surface area (TPSA) is 118 Å². The second-order valence-electron chi connectivity index (χ2n) is 3.61. The molecule has 0 atom stereocenters. The van der Waals surface area contributed by atoms with Crippen LogP contribution in [0.3, 0.4) is 0 Å². The molecule has 0 saturated carbocycles. The molecule has 2 heterocycles. The zero-order valence-corrected chi connectivity index (χ0v) is 12.0. The molecule has 2 rings (SSSR count). The summed E-state index contributed by atoms with van der Waals surface area (Å²) in [6, 6.07) is 2.56. The summed E-state index contributed by atoms with van der Waals surface area (Å²) in [6.07, 6.45) is 0. The molecular weight excluding hydrogens is 312 g/mol. The third-order valence-electron chi connectivity index (χ3n) is 2.21. The molecule has 102 valence electrons. The van der Waals surface area contributed by atoms with E-state index in [1.54, 1.807) is 6.92 Å². The van der Waals surface area contributed by atoms with Gasteiger partial charge in [-0.15, -0.1) is 11.3 Å². The van der Waals surface area contributed by atoms with E-state index in [0.717, 1.165) is 11.3 Å². The van der Waals surface area contributed by atoms with Gasteiger partial charge < -0.3 is 5.73 Å². The number of thiophene rings is 1. The first kappa shape index (κ1) is 13.8. The van der Waals surface area contributed by atoms with Crippen molar-refractivity contribution < 1.29 is 13.2 Å². The predicted octanol–water partition coefficient (Wildman–Crippen LogP) is 1.33. The average molecular weight is 321 g/mol. The highest BCUT2D eigenvalue weighted by molar-refractivity contribution is 7.93. The number of anilines is 1. The predicted molar refractivity (Wildman–Crippen MR) is 72.0 cm³/mol. The number of nitrogens with zero attached hydrogens (tertiary/aromatic N) is 1. The lowest BCUT2D eigenvalue weighted by Gasteiger charge is -2.03. The number of carbonyl (C=O) groups is 1. The van der Waals surface area contributed by atoms with E-state index in [4.69, 9.17) is 17.3 Å². The number of nitrogens with two attached hydrogens (primary N) is 1. The van der Waals surface area contributed by atoms with Gasteiger partial charge in [0.15, 0.2) is 5.82 Å². The summed E-state index contributed by atoms with van der Waals surface area (Å²) < 4.78 is 26.8. The van der Waals surface area contributed by atoms with E-state index in [1.807, 2.05) is 0 Å². The molecule has 1 amide bonds. The van der Waals surface area contributed by atoms with Crippen molar-refractivity contribution in [2.45, 2.75) is 11.8 Å². The molecule has 0 aliphatic heterocycles. The second kappa shape index (κ2) is 4.83. The minimum Gasteiger partial charge on any atom is -0.364 e. The van der Waals surface area contributed by atoms with Crippen molar-refractivity contribution in [3.05, 3.63) is 27.0 Å². The number of carbonyl (C=O) groups excluding carboxylic acids is 1.